The number of ether oxygens (including phenoxy) is 2. The fourth-order valence-electron chi connectivity index (χ4n) is 14.8. The van der Waals surface area contributed by atoms with Crippen molar-refractivity contribution in [1.82, 2.24) is 25.1 Å². The minimum absolute atomic E-state index is 0.0107. The van der Waals surface area contributed by atoms with Crippen LogP contribution in [-0.2, 0) is 17.6 Å². The Kier molecular flexibility index (Phi) is 9.52. The molecule has 0 bridgehead atoms. The molecule has 3 aromatic heterocycles. The van der Waals surface area contributed by atoms with Crippen LogP contribution < -0.4 is 20.7 Å². The molecule has 360 valence electrons. The van der Waals surface area contributed by atoms with E-state index in [4.69, 9.17) is 13.9 Å². The molecular weight excluding hydrogens is 901 g/mol. The molecule has 7 aliphatic carbocycles. The Balaban J connectivity index is 0.915. The quantitative estimate of drug-likeness (QED) is 0.158. The summed E-state index contributed by atoms with van der Waals surface area (Å²) in [5.74, 6) is 3.18. The Morgan fingerprint density at radius 1 is 0.753 bits per heavy atom. The Bertz CT molecular complexity index is 3720. The van der Waals surface area contributed by atoms with Gasteiger partial charge < -0.3 is 23.0 Å². The van der Waals surface area contributed by atoms with Crippen molar-refractivity contribution in [2.24, 2.45) is 23.7 Å². The molecule has 9 heteroatoms. The zero-order chi connectivity index (χ0) is 47.9. The summed E-state index contributed by atoms with van der Waals surface area (Å²) in [5, 5.41) is 28.0. The maximum Gasteiger partial charge on any atom is 0.137 e. The molecule has 3 aliphatic heterocycles. The van der Waals surface area contributed by atoms with Gasteiger partial charge in [0.15, 0.2) is 0 Å². The summed E-state index contributed by atoms with van der Waals surface area (Å²) in [7, 11) is 0. The number of hydrogen-bond acceptors (Lipinski definition) is 7. The number of benzene rings is 3. The number of allylic oxidation sites excluding steroid dienone is 11. The number of hydrogen-bond donors (Lipinski definition) is 3. The minimum atomic E-state index is -0.360. The average Bonchev–Trinajstić information content (AvgIpc) is 4.27. The van der Waals surface area contributed by atoms with Gasteiger partial charge in [-0.05, 0) is 110 Å². The van der Waals surface area contributed by atoms with Gasteiger partial charge in [-0.2, -0.15) is 5.26 Å². The van der Waals surface area contributed by atoms with Gasteiger partial charge >= 0.3 is 0 Å². The van der Waals surface area contributed by atoms with E-state index in [2.05, 4.69) is 195 Å². The Labute approximate surface area is 424 Å². The lowest BCUT2D eigenvalue weighted by atomic mass is 9.76. The van der Waals surface area contributed by atoms with Crippen LogP contribution in [0.15, 0.2) is 161 Å². The van der Waals surface area contributed by atoms with E-state index in [9.17, 15) is 5.26 Å². The molecule has 2 fully saturated rings. The van der Waals surface area contributed by atoms with E-state index >= 15 is 0 Å². The Hall–Kier alpha value is -7.19. The van der Waals surface area contributed by atoms with Gasteiger partial charge in [0, 0.05) is 79.5 Å². The molecule has 0 amide bonds. The molecule has 0 radical (unpaired) electrons. The smallest absolute Gasteiger partial charge is 0.137 e. The summed E-state index contributed by atoms with van der Waals surface area (Å²) in [5.41, 5.74) is 13.6. The highest BCUT2D eigenvalue weighted by Gasteiger charge is 2.50. The molecule has 9 nitrogen and oxygen atoms in total. The Morgan fingerprint density at radius 2 is 1.62 bits per heavy atom. The van der Waals surface area contributed by atoms with Crippen molar-refractivity contribution in [3.05, 3.63) is 196 Å². The highest BCUT2D eigenvalue weighted by atomic mass is 16.5. The Morgan fingerprint density at radius 3 is 2.55 bits per heavy atom. The number of rotatable bonds is 5. The van der Waals surface area contributed by atoms with Gasteiger partial charge in [0.1, 0.15) is 22.9 Å². The van der Waals surface area contributed by atoms with E-state index in [1.54, 1.807) is 0 Å². The normalized spacial score (nSPS) is 32.0. The summed E-state index contributed by atoms with van der Waals surface area (Å²) in [4.78, 5) is 0. The van der Waals surface area contributed by atoms with Gasteiger partial charge in [-0.3, -0.25) is 16.0 Å². The fourth-order valence-corrected chi connectivity index (χ4v) is 14.8. The molecule has 6 aromatic rings. The number of nitriles is 1. The number of nitrogens with one attached hydrogen (secondary N) is 3. The molecule has 0 saturated carbocycles. The monoisotopic (exact) mass is 956 g/mol. The van der Waals surface area contributed by atoms with Crippen molar-refractivity contribution >= 4 is 56.7 Å². The molecule has 10 aliphatic rings. The number of furan rings is 1. The van der Waals surface area contributed by atoms with Gasteiger partial charge in [0.25, 0.3) is 0 Å². The van der Waals surface area contributed by atoms with Crippen molar-refractivity contribution < 1.29 is 13.9 Å². The predicted octanol–water partition coefficient (Wildman–Crippen LogP) is 12.4. The van der Waals surface area contributed by atoms with Crippen LogP contribution in [0.1, 0.15) is 89.4 Å². The lowest BCUT2D eigenvalue weighted by molar-refractivity contribution is 0.0903. The molecule has 73 heavy (non-hydrogen) atoms. The highest BCUT2D eigenvalue weighted by molar-refractivity contribution is 6.18. The van der Waals surface area contributed by atoms with Crippen LogP contribution in [0.25, 0.3) is 56.7 Å². The maximum absolute atomic E-state index is 11.8. The second-order valence-electron chi connectivity index (χ2n) is 21.8. The van der Waals surface area contributed by atoms with E-state index in [0.29, 0.717) is 6.42 Å². The molecule has 6 heterocycles. The van der Waals surface area contributed by atoms with E-state index in [1.807, 2.05) is 0 Å². The second kappa shape index (κ2) is 16.4. The third kappa shape index (κ3) is 6.34. The first-order valence-electron chi connectivity index (χ1n) is 26.8. The lowest BCUT2D eigenvalue weighted by Crippen LogP contribution is -2.71. The van der Waals surface area contributed by atoms with Crippen molar-refractivity contribution in [2.75, 3.05) is 0 Å². The molecule has 12 atom stereocenters. The number of aryl methyl sites for hydroxylation is 1. The van der Waals surface area contributed by atoms with Crippen LogP contribution in [0.2, 0.25) is 0 Å². The molecule has 12 unspecified atom stereocenters. The molecule has 2 saturated heterocycles. The van der Waals surface area contributed by atoms with E-state index in [-0.39, 0.29) is 72.3 Å². The predicted molar refractivity (Wildman–Crippen MR) is 289 cm³/mol. The molecule has 0 spiro atoms. The van der Waals surface area contributed by atoms with Crippen molar-refractivity contribution in [3.63, 3.8) is 0 Å². The van der Waals surface area contributed by atoms with Crippen LogP contribution in [-0.4, -0.2) is 39.8 Å². The van der Waals surface area contributed by atoms with Crippen LogP contribution in [0.4, 0.5) is 0 Å². The van der Waals surface area contributed by atoms with Gasteiger partial charge in [-0.1, -0.05) is 115 Å². The van der Waals surface area contributed by atoms with E-state index in [1.165, 1.54) is 61.1 Å². The largest absolute Gasteiger partial charge is 0.461 e. The fraction of sp³-hybridized carbons (Fsp3) is 0.297. The lowest BCUT2D eigenvalue weighted by Gasteiger charge is -2.48. The number of aromatic nitrogens is 2. The van der Waals surface area contributed by atoms with Crippen LogP contribution >= 0.6 is 0 Å². The summed E-state index contributed by atoms with van der Waals surface area (Å²) >= 11 is 0. The van der Waals surface area contributed by atoms with Crippen LogP contribution in [0, 0.1) is 35.0 Å². The topological polar surface area (TPSA) is 101 Å². The van der Waals surface area contributed by atoms with E-state index in [0.717, 1.165) is 72.4 Å². The van der Waals surface area contributed by atoms with Gasteiger partial charge in [-0.25, -0.2) is 0 Å². The van der Waals surface area contributed by atoms with Crippen molar-refractivity contribution in [1.29, 1.82) is 5.26 Å². The molecule has 16 rings (SSSR count). The highest BCUT2D eigenvalue weighted by Crippen LogP contribution is 2.54. The van der Waals surface area contributed by atoms with Gasteiger partial charge in [0.05, 0.1) is 54.3 Å². The molecular formula is C64H56N6O3. The molecule has 3 aromatic carbocycles. The van der Waals surface area contributed by atoms with Crippen molar-refractivity contribution in [2.45, 2.75) is 93.5 Å². The summed E-state index contributed by atoms with van der Waals surface area (Å²) in [6, 6.07) is 24.5. The molecule has 3 N–H and O–H groups in total. The number of nitrogens with zero attached hydrogens (tertiary/aromatic N) is 3. The SMILES string of the molecule is N#CC1CC(C2NC(C3=CC=C4Oc5ccccc5C4C3)NC(C3C=CC=CC3)N2)C(n2c3c(c4c2C2C(C=C4)OC4C=CC=CC42)CCC=C3)=CC1n1c2ccccc2c2ccc3oc4c(c3c21)CCC=C4. The second-order valence-corrected chi connectivity index (χ2v) is 21.8. The average molecular weight is 957 g/mol. The zero-order valence-corrected chi connectivity index (χ0v) is 40.5. The minimum Gasteiger partial charge on any atom is -0.461 e. The summed E-state index contributed by atoms with van der Waals surface area (Å²) in [6.45, 7) is 0. The van der Waals surface area contributed by atoms with Gasteiger partial charge in [0.2, 0.25) is 0 Å². The van der Waals surface area contributed by atoms with Crippen LogP contribution in [0.3, 0.4) is 0 Å². The first-order chi connectivity index (χ1) is 36.1. The third-order valence-electron chi connectivity index (χ3n) is 18.1. The first kappa shape index (κ1) is 42.3. The summed E-state index contributed by atoms with van der Waals surface area (Å²) in [6.07, 6.45) is 44.8. The van der Waals surface area contributed by atoms with Crippen LogP contribution in [0.5, 0.6) is 5.75 Å². The number of fused-ring (bicyclic) bond motifs is 17. The standard InChI is InChI=1S/C64H56N6O3/c65-35-38-33-47(64-67-62(36-14-2-1-3-15-36)66-63(68-64)37-26-29-55-46(32-37)41-18-6-11-23-52(41)71-55)51(70-49-22-10-5-17-40(49)43-28-31-57-59(61(43)70)45-20-8-13-25-54(45)73-57)34-50(38)69-48-21-9-4-16-39(48)42-27-30-56-58(60(42)69)44-19-7-12-24-53(44)72-56/h1-4,6,8-14,16,18,20-31,34,36,38,45-47,50,54,57,59,62-64,66-68H,5,7,15,17,19,32-33H2. The summed E-state index contributed by atoms with van der Waals surface area (Å²) < 4.78 is 25.3. The van der Waals surface area contributed by atoms with Crippen molar-refractivity contribution in [3.8, 4) is 11.8 Å². The maximum atomic E-state index is 11.8. The zero-order valence-electron chi connectivity index (χ0n) is 40.5. The number of para-hydroxylation sites is 2. The first-order valence-corrected chi connectivity index (χ1v) is 26.8. The van der Waals surface area contributed by atoms with E-state index < -0.39 is 0 Å². The third-order valence-corrected chi connectivity index (χ3v) is 18.1. The van der Waals surface area contributed by atoms with Gasteiger partial charge in [-0.15, -0.1) is 0 Å².